The number of benzene rings is 2. The van der Waals surface area contributed by atoms with Gasteiger partial charge in [-0.15, -0.1) is 0 Å². The SMILES string of the molecule is N#CC1=CC=C(/C=C/c2ccc(/C=C/c3ccccc3C#N)cc2)CC1. The lowest BCUT2D eigenvalue weighted by Crippen LogP contribution is -1.89. The van der Waals surface area contributed by atoms with Gasteiger partial charge < -0.3 is 0 Å². The van der Waals surface area contributed by atoms with Crippen LogP contribution in [0.3, 0.4) is 0 Å². The fourth-order valence-corrected chi connectivity index (χ4v) is 2.74. The average Bonchev–Trinajstić information content (AvgIpc) is 2.72. The van der Waals surface area contributed by atoms with Crippen LogP contribution < -0.4 is 0 Å². The molecule has 0 spiro atoms. The van der Waals surface area contributed by atoms with Crippen molar-refractivity contribution in [3.8, 4) is 12.1 Å². The van der Waals surface area contributed by atoms with Crippen molar-refractivity contribution in [2.75, 3.05) is 0 Å². The summed E-state index contributed by atoms with van der Waals surface area (Å²) >= 11 is 0. The highest BCUT2D eigenvalue weighted by atomic mass is 14.2. The van der Waals surface area contributed by atoms with E-state index in [9.17, 15) is 0 Å². The zero-order valence-corrected chi connectivity index (χ0v) is 14.4. The molecule has 0 bridgehead atoms. The van der Waals surface area contributed by atoms with E-state index >= 15 is 0 Å². The normalized spacial score (nSPS) is 13.9. The van der Waals surface area contributed by atoms with E-state index in [0.717, 1.165) is 35.1 Å². The predicted octanol–water partition coefficient (Wildman–Crippen LogP) is 5.91. The molecule has 0 amide bonds. The van der Waals surface area contributed by atoms with Crippen LogP contribution in [0.15, 0.2) is 77.9 Å². The molecular weight excluding hydrogens is 316 g/mol. The van der Waals surface area contributed by atoms with E-state index in [4.69, 9.17) is 10.5 Å². The van der Waals surface area contributed by atoms with Gasteiger partial charge in [0, 0.05) is 5.57 Å². The molecule has 2 nitrogen and oxygen atoms in total. The maximum absolute atomic E-state index is 9.13. The van der Waals surface area contributed by atoms with Crippen molar-refractivity contribution in [1.29, 1.82) is 10.5 Å². The Morgan fingerprint density at radius 2 is 1.38 bits per heavy atom. The highest BCUT2D eigenvalue weighted by Gasteiger charge is 2.03. The molecule has 0 saturated heterocycles. The van der Waals surface area contributed by atoms with Crippen LogP contribution in [0.5, 0.6) is 0 Å². The van der Waals surface area contributed by atoms with Crippen molar-refractivity contribution in [2.45, 2.75) is 12.8 Å². The van der Waals surface area contributed by atoms with Gasteiger partial charge in [-0.3, -0.25) is 0 Å². The van der Waals surface area contributed by atoms with Crippen molar-refractivity contribution < 1.29 is 0 Å². The van der Waals surface area contributed by atoms with Gasteiger partial charge in [0.1, 0.15) is 0 Å². The second-order valence-corrected chi connectivity index (χ2v) is 6.08. The Bertz CT molecular complexity index is 988. The molecular formula is C24H18N2. The third kappa shape index (κ3) is 4.47. The molecule has 0 heterocycles. The van der Waals surface area contributed by atoms with Crippen LogP contribution in [0.1, 0.15) is 35.1 Å². The fraction of sp³-hybridized carbons (Fsp3) is 0.0833. The van der Waals surface area contributed by atoms with Crippen LogP contribution in [0.2, 0.25) is 0 Å². The van der Waals surface area contributed by atoms with E-state index in [-0.39, 0.29) is 0 Å². The van der Waals surface area contributed by atoms with Crippen LogP contribution in [0.4, 0.5) is 0 Å². The third-order valence-electron chi connectivity index (χ3n) is 4.29. The smallest absolute Gasteiger partial charge is 0.0997 e. The van der Waals surface area contributed by atoms with Crippen LogP contribution in [0, 0.1) is 22.7 Å². The summed E-state index contributed by atoms with van der Waals surface area (Å²) in [7, 11) is 0. The van der Waals surface area contributed by atoms with Gasteiger partial charge in [0.05, 0.1) is 17.7 Å². The molecule has 0 aromatic heterocycles. The van der Waals surface area contributed by atoms with Crippen molar-refractivity contribution in [2.24, 2.45) is 0 Å². The van der Waals surface area contributed by atoms with E-state index in [1.807, 2.05) is 48.6 Å². The monoisotopic (exact) mass is 334 g/mol. The Morgan fingerprint density at radius 1 is 0.692 bits per heavy atom. The van der Waals surface area contributed by atoms with Crippen LogP contribution in [-0.2, 0) is 0 Å². The summed E-state index contributed by atoms with van der Waals surface area (Å²) in [5.74, 6) is 0. The van der Waals surface area contributed by atoms with E-state index in [1.54, 1.807) is 0 Å². The molecule has 124 valence electrons. The second-order valence-electron chi connectivity index (χ2n) is 6.08. The molecule has 0 N–H and O–H groups in total. The summed E-state index contributed by atoms with van der Waals surface area (Å²) in [4.78, 5) is 0. The van der Waals surface area contributed by atoms with Gasteiger partial charge in [-0.2, -0.15) is 10.5 Å². The standard InChI is InChI=1S/C24H18N2/c25-17-22-13-11-20(12-14-22)6-5-19-7-9-21(10-8-19)15-16-23-3-1-2-4-24(23)18-26/h1-11,13,15-16H,12,14H2/b6-5+,16-15+. The fourth-order valence-electron chi connectivity index (χ4n) is 2.74. The maximum Gasteiger partial charge on any atom is 0.0997 e. The molecule has 0 aliphatic heterocycles. The lowest BCUT2D eigenvalue weighted by molar-refractivity contribution is 0.956. The number of nitriles is 2. The maximum atomic E-state index is 9.13. The molecule has 0 saturated carbocycles. The van der Waals surface area contributed by atoms with Crippen LogP contribution in [-0.4, -0.2) is 0 Å². The zero-order valence-electron chi connectivity index (χ0n) is 14.4. The molecule has 0 atom stereocenters. The van der Waals surface area contributed by atoms with E-state index in [0.29, 0.717) is 5.56 Å². The van der Waals surface area contributed by atoms with Gasteiger partial charge >= 0.3 is 0 Å². The molecule has 0 fully saturated rings. The van der Waals surface area contributed by atoms with Crippen molar-refractivity contribution >= 4 is 18.2 Å². The van der Waals surface area contributed by atoms with Crippen LogP contribution >= 0.6 is 0 Å². The minimum atomic E-state index is 0.678. The average molecular weight is 334 g/mol. The lowest BCUT2D eigenvalue weighted by Gasteiger charge is -2.06. The van der Waals surface area contributed by atoms with E-state index in [2.05, 4.69) is 48.6 Å². The van der Waals surface area contributed by atoms with Gasteiger partial charge in [-0.1, -0.05) is 72.8 Å². The largest absolute Gasteiger partial charge is 0.193 e. The van der Waals surface area contributed by atoms with Crippen LogP contribution in [0.25, 0.3) is 18.2 Å². The summed E-state index contributed by atoms with van der Waals surface area (Å²) in [5.41, 5.74) is 5.91. The Kier molecular flexibility index (Phi) is 5.61. The number of hydrogen-bond donors (Lipinski definition) is 0. The predicted molar refractivity (Wildman–Crippen MR) is 107 cm³/mol. The molecule has 2 heteroatoms. The van der Waals surface area contributed by atoms with Gasteiger partial charge in [0.15, 0.2) is 0 Å². The second kappa shape index (κ2) is 8.47. The van der Waals surface area contributed by atoms with E-state index in [1.165, 1.54) is 5.57 Å². The molecule has 1 aliphatic rings. The molecule has 1 aliphatic carbocycles. The summed E-state index contributed by atoms with van der Waals surface area (Å²) in [6.07, 6.45) is 13.8. The Hall–Kier alpha value is -3.62. The van der Waals surface area contributed by atoms with Gasteiger partial charge in [-0.05, 0) is 47.2 Å². The molecule has 2 aromatic carbocycles. The quantitative estimate of drug-likeness (QED) is 0.652. The highest BCUT2D eigenvalue weighted by Crippen LogP contribution is 2.20. The first-order valence-corrected chi connectivity index (χ1v) is 8.54. The number of hydrogen-bond acceptors (Lipinski definition) is 2. The highest BCUT2D eigenvalue weighted by molar-refractivity contribution is 5.73. The van der Waals surface area contributed by atoms with Crippen molar-refractivity contribution in [1.82, 2.24) is 0 Å². The number of nitrogens with zero attached hydrogens (tertiary/aromatic N) is 2. The first-order valence-electron chi connectivity index (χ1n) is 8.54. The molecule has 0 unspecified atom stereocenters. The summed E-state index contributed by atoms with van der Waals surface area (Å²) in [6.45, 7) is 0. The molecule has 2 aromatic rings. The minimum Gasteiger partial charge on any atom is -0.193 e. The Balaban J connectivity index is 1.68. The molecule has 3 rings (SSSR count). The molecule has 0 radical (unpaired) electrons. The van der Waals surface area contributed by atoms with Crippen molar-refractivity contribution in [3.05, 3.63) is 100 Å². The van der Waals surface area contributed by atoms with Gasteiger partial charge in [0.2, 0.25) is 0 Å². The first-order chi connectivity index (χ1) is 12.8. The summed E-state index contributed by atoms with van der Waals surface area (Å²) in [5, 5.41) is 18.0. The first kappa shape index (κ1) is 17.2. The lowest BCUT2D eigenvalue weighted by atomic mass is 9.98. The zero-order chi connectivity index (χ0) is 18.2. The minimum absolute atomic E-state index is 0.678. The summed E-state index contributed by atoms with van der Waals surface area (Å²) in [6, 6.07) is 20.3. The number of rotatable bonds is 4. The van der Waals surface area contributed by atoms with Gasteiger partial charge in [0.25, 0.3) is 0 Å². The topological polar surface area (TPSA) is 47.6 Å². The third-order valence-corrected chi connectivity index (χ3v) is 4.29. The Morgan fingerprint density at radius 3 is 2.00 bits per heavy atom. The molecule has 26 heavy (non-hydrogen) atoms. The van der Waals surface area contributed by atoms with Gasteiger partial charge in [-0.25, -0.2) is 0 Å². The Labute approximate surface area is 154 Å². The van der Waals surface area contributed by atoms with E-state index < -0.39 is 0 Å². The summed E-state index contributed by atoms with van der Waals surface area (Å²) < 4.78 is 0. The number of allylic oxidation sites excluding steroid dienone is 5. The van der Waals surface area contributed by atoms with Crippen molar-refractivity contribution in [3.63, 3.8) is 0 Å².